The molecular weight excluding hydrogens is 278 g/mol. The molecule has 1 saturated heterocycles. The van der Waals surface area contributed by atoms with E-state index in [2.05, 4.69) is 41.2 Å². The molecular formula is C14H20BrNO. The first-order valence-corrected chi connectivity index (χ1v) is 6.98. The molecule has 0 aliphatic carbocycles. The second-order valence-electron chi connectivity index (χ2n) is 4.78. The maximum absolute atomic E-state index is 5.61. The van der Waals surface area contributed by atoms with Crippen molar-refractivity contribution < 1.29 is 4.74 Å². The fourth-order valence-electron chi connectivity index (χ4n) is 2.68. The zero-order chi connectivity index (χ0) is 12.4. The van der Waals surface area contributed by atoms with E-state index in [1.54, 1.807) is 7.11 Å². The number of nitrogens with one attached hydrogen (secondary N) is 1. The minimum Gasteiger partial charge on any atom is -0.496 e. The van der Waals surface area contributed by atoms with Gasteiger partial charge in [0.05, 0.1) is 7.11 Å². The van der Waals surface area contributed by atoms with Crippen LogP contribution >= 0.6 is 15.9 Å². The lowest BCUT2D eigenvalue weighted by Crippen LogP contribution is -2.27. The molecule has 0 atom stereocenters. The van der Waals surface area contributed by atoms with Crippen LogP contribution in [-0.2, 0) is 0 Å². The summed E-state index contributed by atoms with van der Waals surface area (Å²) < 4.78 is 6.79. The Kier molecular flexibility index (Phi) is 4.10. The third-order valence-electron chi connectivity index (χ3n) is 3.63. The van der Waals surface area contributed by atoms with Gasteiger partial charge in [0.2, 0.25) is 0 Å². The predicted octanol–water partition coefficient (Wildman–Crippen LogP) is 3.54. The van der Waals surface area contributed by atoms with Crippen LogP contribution in [0.3, 0.4) is 0 Å². The number of ether oxygens (including phenoxy) is 1. The van der Waals surface area contributed by atoms with Gasteiger partial charge in [-0.1, -0.05) is 22.0 Å². The Morgan fingerprint density at radius 1 is 1.29 bits per heavy atom. The fraction of sp³-hybridized carbons (Fsp3) is 0.571. The lowest BCUT2D eigenvalue weighted by Gasteiger charge is -2.26. The van der Waals surface area contributed by atoms with Gasteiger partial charge < -0.3 is 10.1 Å². The van der Waals surface area contributed by atoms with Gasteiger partial charge in [-0.3, -0.25) is 0 Å². The van der Waals surface area contributed by atoms with Crippen LogP contribution in [0.25, 0.3) is 0 Å². The normalized spacial score (nSPS) is 17.2. The van der Waals surface area contributed by atoms with Crippen molar-refractivity contribution in [3.8, 4) is 5.75 Å². The molecule has 1 fully saturated rings. The van der Waals surface area contributed by atoms with E-state index in [-0.39, 0.29) is 0 Å². The third-order valence-corrected chi connectivity index (χ3v) is 4.85. The number of methoxy groups -OCH3 is 1. The van der Waals surface area contributed by atoms with Crippen LogP contribution in [0.5, 0.6) is 5.75 Å². The minimum absolute atomic E-state index is 0.636. The van der Waals surface area contributed by atoms with Crippen molar-refractivity contribution in [2.24, 2.45) is 0 Å². The van der Waals surface area contributed by atoms with Crippen molar-refractivity contribution >= 4 is 15.9 Å². The quantitative estimate of drug-likeness (QED) is 0.901. The molecule has 0 unspecified atom stereocenters. The van der Waals surface area contributed by atoms with Gasteiger partial charge in [0.1, 0.15) is 5.75 Å². The molecule has 1 aromatic carbocycles. The summed E-state index contributed by atoms with van der Waals surface area (Å²) in [5.41, 5.74) is 3.91. The summed E-state index contributed by atoms with van der Waals surface area (Å²) in [5, 5.41) is 3.41. The lowest BCUT2D eigenvalue weighted by atomic mass is 9.87. The second kappa shape index (κ2) is 5.40. The molecule has 2 nitrogen and oxygen atoms in total. The van der Waals surface area contributed by atoms with E-state index < -0.39 is 0 Å². The topological polar surface area (TPSA) is 21.3 Å². The monoisotopic (exact) mass is 297 g/mol. The number of halogens is 1. The van der Waals surface area contributed by atoms with Crippen LogP contribution in [0.1, 0.15) is 35.4 Å². The zero-order valence-electron chi connectivity index (χ0n) is 10.8. The van der Waals surface area contributed by atoms with E-state index in [1.807, 2.05) is 0 Å². The van der Waals surface area contributed by atoms with Crippen molar-refractivity contribution in [3.63, 3.8) is 0 Å². The molecule has 0 saturated carbocycles. The van der Waals surface area contributed by atoms with E-state index in [4.69, 9.17) is 4.74 Å². The molecule has 17 heavy (non-hydrogen) atoms. The van der Waals surface area contributed by atoms with Crippen LogP contribution in [0.4, 0.5) is 0 Å². The first-order valence-electron chi connectivity index (χ1n) is 6.19. The van der Waals surface area contributed by atoms with Gasteiger partial charge in [-0.05, 0) is 56.8 Å². The van der Waals surface area contributed by atoms with E-state index in [0.29, 0.717) is 5.92 Å². The number of rotatable bonds is 2. The molecule has 1 aliphatic heterocycles. The fourth-order valence-corrected chi connectivity index (χ4v) is 2.98. The maximum atomic E-state index is 5.61. The van der Waals surface area contributed by atoms with Crippen LogP contribution in [0, 0.1) is 13.8 Å². The molecule has 1 aliphatic rings. The van der Waals surface area contributed by atoms with Gasteiger partial charge in [-0.15, -0.1) is 0 Å². The Hall–Kier alpha value is -0.540. The third kappa shape index (κ3) is 2.50. The summed E-state index contributed by atoms with van der Waals surface area (Å²) in [4.78, 5) is 0. The Bertz CT molecular complexity index is 411. The smallest absolute Gasteiger partial charge is 0.126 e. The molecule has 0 radical (unpaired) electrons. The standard InChI is InChI=1S/C14H20BrNO/c1-9-8-12(11-4-6-16-7-5-11)14(17-3)10(2)13(9)15/h8,11,16H,4-7H2,1-3H3. The number of aryl methyl sites for hydroxylation is 1. The molecule has 94 valence electrons. The minimum atomic E-state index is 0.636. The molecule has 1 aromatic rings. The van der Waals surface area contributed by atoms with Crippen molar-refractivity contribution in [3.05, 3.63) is 27.2 Å². The van der Waals surface area contributed by atoms with E-state index >= 15 is 0 Å². The Morgan fingerprint density at radius 2 is 1.94 bits per heavy atom. The SMILES string of the molecule is COc1c(C2CCNCC2)cc(C)c(Br)c1C. The molecule has 1 N–H and O–H groups in total. The van der Waals surface area contributed by atoms with Crippen molar-refractivity contribution in [2.75, 3.05) is 20.2 Å². The molecule has 1 heterocycles. The van der Waals surface area contributed by atoms with E-state index in [0.717, 1.165) is 18.8 Å². The summed E-state index contributed by atoms with van der Waals surface area (Å²) in [6, 6.07) is 2.28. The lowest BCUT2D eigenvalue weighted by molar-refractivity contribution is 0.388. The number of hydrogen-bond donors (Lipinski definition) is 1. The summed E-state index contributed by atoms with van der Waals surface area (Å²) in [7, 11) is 1.77. The Labute approximate surface area is 112 Å². The van der Waals surface area contributed by atoms with Crippen LogP contribution < -0.4 is 10.1 Å². The Balaban J connectivity index is 2.44. The molecule has 3 heteroatoms. The van der Waals surface area contributed by atoms with Crippen molar-refractivity contribution in [1.29, 1.82) is 0 Å². The summed E-state index contributed by atoms with van der Waals surface area (Å²) in [5.74, 6) is 1.70. The van der Waals surface area contributed by atoms with Gasteiger partial charge in [0.15, 0.2) is 0 Å². The zero-order valence-corrected chi connectivity index (χ0v) is 12.4. The molecule has 0 amide bonds. The molecule has 0 bridgehead atoms. The van der Waals surface area contributed by atoms with Gasteiger partial charge in [-0.2, -0.15) is 0 Å². The largest absolute Gasteiger partial charge is 0.496 e. The highest BCUT2D eigenvalue weighted by molar-refractivity contribution is 9.10. The van der Waals surface area contributed by atoms with Gasteiger partial charge in [0.25, 0.3) is 0 Å². The summed E-state index contributed by atoms with van der Waals surface area (Å²) >= 11 is 3.64. The first-order chi connectivity index (χ1) is 8.15. The van der Waals surface area contributed by atoms with Crippen LogP contribution in [0.15, 0.2) is 10.5 Å². The number of benzene rings is 1. The highest BCUT2D eigenvalue weighted by atomic mass is 79.9. The number of piperidine rings is 1. The summed E-state index contributed by atoms with van der Waals surface area (Å²) in [6.45, 7) is 6.51. The van der Waals surface area contributed by atoms with E-state index in [9.17, 15) is 0 Å². The predicted molar refractivity (Wildman–Crippen MR) is 75.0 cm³/mol. The average Bonchev–Trinajstić information content (AvgIpc) is 2.36. The highest BCUT2D eigenvalue weighted by Crippen LogP contribution is 2.39. The van der Waals surface area contributed by atoms with Gasteiger partial charge in [-0.25, -0.2) is 0 Å². The van der Waals surface area contributed by atoms with Crippen molar-refractivity contribution in [1.82, 2.24) is 5.32 Å². The first kappa shape index (κ1) is 12.9. The highest BCUT2D eigenvalue weighted by Gasteiger charge is 2.21. The molecule has 0 aromatic heterocycles. The van der Waals surface area contributed by atoms with Crippen LogP contribution in [-0.4, -0.2) is 20.2 Å². The number of hydrogen-bond acceptors (Lipinski definition) is 2. The summed E-state index contributed by atoms with van der Waals surface area (Å²) in [6.07, 6.45) is 2.41. The van der Waals surface area contributed by atoms with Crippen molar-refractivity contribution in [2.45, 2.75) is 32.6 Å². The molecule has 2 rings (SSSR count). The average molecular weight is 298 g/mol. The van der Waals surface area contributed by atoms with Crippen LogP contribution in [0.2, 0.25) is 0 Å². The van der Waals surface area contributed by atoms with E-state index in [1.165, 1.54) is 34.0 Å². The Morgan fingerprint density at radius 3 is 2.53 bits per heavy atom. The maximum Gasteiger partial charge on any atom is 0.126 e. The van der Waals surface area contributed by atoms with Gasteiger partial charge >= 0.3 is 0 Å². The second-order valence-corrected chi connectivity index (χ2v) is 5.57. The van der Waals surface area contributed by atoms with Gasteiger partial charge in [0, 0.05) is 10.0 Å². The molecule has 0 spiro atoms.